The summed E-state index contributed by atoms with van der Waals surface area (Å²) in [6, 6.07) is -0.226. The van der Waals surface area contributed by atoms with Crippen molar-refractivity contribution < 1.29 is 4.79 Å². The van der Waals surface area contributed by atoms with Crippen LogP contribution in [0.15, 0.2) is 16.8 Å². The zero-order valence-electron chi connectivity index (χ0n) is 10.4. The number of nitrogens with zero attached hydrogens (tertiary/aromatic N) is 2. The Kier molecular flexibility index (Phi) is 3.29. The number of carbonyl (C=O) groups is 1. The summed E-state index contributed by atoms with van der Waals surface area (Å²) < 4.78 is 0. The van der Waals surface area contributed by atoms with Crippen LogP contribution in [0.5, 0.6) is 0 Å². The number of nitrogens with one attached hydrogen (secondary N) is 3. The first-order chi connectivity index (χ1) is 8.84. The molecule has 0 aromatic heterocycles. The van der Waals surface area contributed by atoms with Gasteiger partial charge in [0.2, 0.25) is 0 Å². The van der Waals surface area contributed by atoms with Crippen molar-refractivity contribution in [1.29, 1.82) is 0 Å². The van der Waals surface area contributed by atoms with Gasteiger partial charge in [-0.15, -0.1) is 0 Å². The van der Waals surface area contributed by atoms with Gasteiger partial charge in [0.15, 0.2) is 0 Å². The van der Waals surface area contributed by atoms with Gasteiger partial charge in [-0.05, 0) is 18.9 Å². The van der Waals surface area contributed by atoms with E-state index in [4.69, 9.17) is 0 Å². The standard InChI is InChI=1S/C12H19N5O/c18-12(16-17-6-2-1-3-7-17)11-9-8-13-5-4-10(9)14-15-11/h4-5,9,11,14-15H,1-3,6-8H2,(H,16,18). The zero-order valence-corrected chi connectivity index (χ0v) is 10.4. The molecule has 3 N–H and O–H groups in total. The summed E-state index contributed by atoms with van der Waals surface area (Å²) in [6.45, 7) is 2.58. The van der Waals surface area contributed by atoms with Gasteiger partial charge in [0.25, 0.3) is 5.91 Å². The van der Waals surface area contributed by atoms with E-state index in [0.29, 0.717) is 6.54 Å². The Bertz CT molecular complexity index is 386. The molecule has 0 spiro atoms. The van der Waals surface area contributed by atoms with Gasteiger partial charge in [0, 0.05) is 37.5 Å². The molecule has 2 fully saturated rings. The van der Waals surface area contributed by atoms with Gasteiger partial charge in [-0.25, -0.2) is 10.4 Å². The molecule has 3 rings (SSSR count). The van der Waals surface area contributed by atoms with Crippen LogP contribution in [0.25, 0.3) is 0 Å². The molecule has 0 saturated carbocycles. The van der Waals surface area contributed by atoms with E-state index in [0.717, 1.165) is 31.6 Å². The molecule has 6 nitrogen and oxygen atoms in total. The van der Waals surface area contributed by atoms with Crippen LogP contribution < -0.4 is 16.3 Å². The van der Waals surface area contributed by atoms with Gasteiger partial charge >= 0.3 is 0 Å². The average Bonchev–Trinajstić information content (AvgIpc) is 2.84. The highest BCUT2D eigenvalue weighted by Gasteiger charge is 2.37. The lowest BCUT2D eigenvalue weighted by Crippen LogP contribution is -2.53. The number of rotatable bonds is 2. The third-order valence-electron chi connectivity index (χ3n) is 3.74. The molecule has 0 radical (unpaired) electrons. The molecule has 2 atom stereocenters. The largest absolute Gasteiger partial charge is 0.324 e. The molecule has 0 bridgehead atoms. The Morgan fingerprint density at radius 1 is 1.39 bits per heavy atom. The van der Waals surface area contributed by atoms with Crippen molar-refractivity contribution in [3.8, 4) is 0 Å². The van der Waals surface area contributed by atoms with E-state index in [9.17, 15) is 4.79 Å². The Morgan fingerprint density at radius 2 is 2.22 bits per heavy atom. The fourth-order valence-corrected chi connectivity index (χ4v) is 2.69. The number of piperidine rings is 1. The lowest BCUT2D eigenvalue weighted by Gasteiger charge is -2.28. The van der Waals surface area contributed by atoms with Crippen LogP contribution >= 0.6 is 0 Å². The number of amides is 1. The molecule has 3 aliphatic rings. The lowest BCUT2D eigenvalue weighted by molar-refractivity contribution is -0.129. The topological polar surface area (TPSA) is 68.8 Å². The van der Waals surface area contributed by atoms with Crippen molar-refractivity contribution in [2.75, 3.05) is 19.6 Å². The molecule has 18 heavy (non-hydrogen) atoms. The van der Waals surface area contributed by atoms with Crippen molar-refractivity contribution in [3.05, 3.63) is 11.8 Å². The van der Waals surface area contributed by atoms with Gasteiger partial charge in [0.05, 0.1) is 0 Å². The Labute approximate surface area is 106 Å². The number of hydrogen-bond acceptors (Lipinski definition) is 5. The highest BCUT2D eigenvalue weighted by atomic mass is 16.2. The molecule has 3 aliphatic heterocycles. The molecule has 2 saturated heterocycles. The fourth-order valence-electron chi connectivity index (χ4n) is 2.69. The summed E-state index contributed by atoms with van der Waals surface area (Å²) >= 11 is 0. The Balaban J connectivity index is 1.59. The van der Waals surface area contributed by atoms with Gasteiger partial charge in [-0.1, -0.05) is 6.42 Å². The minimum absolute atomic E-state index is 0.0369. The summed E-state index contributed by atoms with van der Waals surface area (Å²) in [4.78, 5) is 16.5. The maximum Gasteiger partial charge on any atom is 0.253 e. The smallest absolute Gasteiger partial charge is 0.253 e. The van der Waals surface area contributed by atoms with Crippen molar-refractivity contribution in [1.82, 2.24) is 21.3 Å². The summed E-state index contributed by atoms with van der Waals surface area (Å²) in [5, 5.41) is 2.03. The summed E-state index contributed by atoms with van der Waals surface area (Å²) in [5.74, 6) is 0.176. The highest BCUT2D eigenvalue weighted by molar-refractivity contribution is 5.84. The molecule has 0 aliphatic carbocycles. The first kappa shape index (κ1) is 11.7. The van der Waals surface area contributed by atoms with Crippen LogP contribution in [-0.4, -0.2) is 42.8 Å². The summed E-state index contributed by atoms with van der Waals surface area (Å²) in [5.41, 5.74) is 10.2. The van der Waals surface area contributed by atoms with Crippen LogP contribution in [0.1, 0.15) is 19.3 Å². The van der Waals surface area contributed by atoms with Crippen molar-refractivity contribution in [2.45, 2.75) is 25.3 Å². The van der Waals surface area contributed by atoms with Crippen LogP contribution in [0.4, 0.5) is 0 Å². The molecule has 2 unspecified atom stereocenters. The van der Waals surface area contributed by atoms with Gasteiger partial charge in [-0.3, -0.25) is 15.2 Å². The normalized spacial score (nSPS) is 31.4. The fraction of sp³-hybridized carbons (Fsp3) is 0.667. The summed E-state index contributed by atoms with van der Waals surface area (Å²) in [6.07, 6.45) is 7.30. The predicted octanol–water partition coefficient (Wildman–Crippen LogP) is -0.436. The minimum atomic E-state index is -0.226. The number of dihydropyridines is 1. The molecule has 6 heteroatoms. The molecule has 3 heterocycles. The molecule has 98 valence electrons. The predicted molar refractivity (Wildman–Crippen MR) is 68.6 cm³/mol. The third-order valence-corrected chi connectivity index (χ3v) is 3.74. The second-order valence-electron chi connectivity index (χ2n) is 5.01. The van der Waals surface area contributed by atoms with E-state index in [2.05, 4.69) is 21.3 Å². The van der Waals surface area contributed by atoms with Crippen LogP contribution in [0, 0.1) is 5.92 Å². The number of fused-ring (bicyclic) bond motifs is 1. The van der Waals surface area contributed by atoms with Crippen molar-refractivity contribution in [3.63, 3.8) is 0 Å². The first-order valence-electron chi connectivity index (χ1n) is 6.61. The maximum absolute atomic E-state index is 12.2. The van der Waals surface area contributed by atoms with Crippen molar-refractivity contribution >= 4 is 12.1 Å². The summed E-state index contributed by atoms with van der Waals surface area (Å²) in [7, 11) is 0. The number of aliphatic imine (C=N–C) groups is 1. The monoisotopic (exact) mass is 249 g/mol. The molecule has 0 aromatic rings. The zero-order chi connectivity index (χ0) is 12.4. The molecular weight excluding hydrogens is 230 g/mol. The Hall–Kier alpha value is -1.40. The van der Waals surface area contributed by atoms with E-state index >= 15 is 0 Å². The second-order valence-corrected chi connectivity index (χ2v) is 5.01. The van der Waals surface area contributed by atoms with Crippen LogP contribution in [0.2, 0.25) is 0 Å². The van der Waals surface area contributed by atoms with Crippen LogP contribution in [-0.2, 0) is 4.79 Å². The highest BCUT2D eigenvalue weighted by Crippen LogP contribution is 2.21. The van der Waals surface area contributed by atoms with Crippen LogP contribution in [0.3, 0.4) is 0 Å². The second kappa shape index (κ2) is 5.07. The van der Waals surface area contributed by atoms with Gasteiger partial charge in [0.1, 0.15) is 6.04 Å². The van der Waals surface area contributed by atoms with E-state index in [-0.39, 0.29) is 17.9 Å². The average molecular weight is 249 g/mol. The molecule has 0 aromatic carbocycles. The number of hydrazine groups is 2. The SMILES string of the molecule is O=C(NN1CCCCC1)C1NNC2=CC=NCC21. The van der Waals surface area contributed by atoms with Gasteiger partial charge in [-0.2, -0.15) is 0 Å². The third kappa shape index (κ3) is 2.26. The van der Waals surface area contributed by atoms with Gasteiger partial charge < -0.3 is 5.43 Å². The van der Waals surface area contributed by atoms with E-state index in [1.54, 1.807) is 6.21 Å². The lowest BCUT2D eigenvalue weighted by atomic mass is 9.96. The maximum atomic E-state index is 12.2. The number of carbonyl (C=O) groups excluding carboxylic acids is 1. The number of hydrogen-bond donors (Lipinski definition) is 3. The minimum Gasteiger partial charge on any atom is -0.324 e. The molecular formula is C12H19N5O. The number of allylic oxidation sites excluding steroid dienone is 1. The first-order valence-corrected chi connectivity index (χ1v) is 6.61. The van der Waals surface area contributed by atoms with E-state index in [1.807, 2.05) is 11.1 Å². The van der Waals surface area contributed by atoms with E-state index in [1.165, 1.54) is 6.42 Å². The van der Waals surface area contributed by atoms with E-state index < -0.39 is 0 Å². The van der Waals surface area contributed by atoms with Crippen molar-refractivity contribution in [2.24, 2.45) is 10.9 Å². The molecule has 1 amide bonds. The quantitative estimate of drug-likeness (QED) is 0.621. The Morgan fingerprint density at radius 3 is 3.06 bits per heavy atom.